The molecule has 9 heteroatoms. The highest BCUT2D eigenvalue weighted by atomic mass is 16.3. The number of phenolic OH excluding ortho intramolecular Hbond substituents is 1. The third-order valence-corrected chi connectivity index (χ3v) is 4.27. The van der Waals surface area contributed by atoms with Gasteiger partial charge in [0.25, 0.3) is 11.5 Å². The molecule has 0 saturated carbocycles. The number of aromatic nitrogens is 4. The molecule has 0 atom stereocenters. The number of amides is 1. The average Bonchev–Trinajstić information content (AvgIpc) is 3.10. The Labute approximate surface area is 141 Å². The van der Waals surface area contributed by atoms with E-state index < -0.39 is 0 Å². The summed E-state index contributed by atoms with van der Waals surface area (Å²) in [5.74, 6) is 0.409. The van der Waals surface area contributed by atoms with Crippen LogP contribution in [0, 0.1) is 0 Å². The molecule has 9 nitrogen and oxygen atoms in total. The highest BCUT2D eigenvalue weighted by Gasteiger charge is 2.24. The molecule has 2 aromatic heterocycles. The van der Waals surface area contributed by atoms with Crippen molar-refractivity contribution in [3.05, 3.63) is 46.4 Å². The largest absolute Gasteiger partial charge is 0.508 e. The first kappa shape index (κ1) is 15.2. The Hall–Kier alpha value is -3.36. The molecular formula is C16H16N6O3. The molecule has 1 amide bonds. The number of aromatic hydroxyl groups is 1. The van der Waals surface area contributed by atoms with Gasteiger partial charge >= 0.3 is 0 Å². The zero-order valence-corrected chi connectivity index (χ0v) is 13.3. The van der Waals surface area contributed by atoms with E-state index in [1.165, 1.54) is 18.3 Å². The summed E-state index contributed by atoms with van der Waals surface area (Å²) in [6, 6.07) is 6.31. The summed E-state index contributed by atoms with van der Waals surface area (Å²) < 4.78 is 0. The molecule has 3 aromatic rings. The van der Waals surface area contributed by atoms with E-state index in [2.05, 4.69) is 20.2 Å². The van der Waals surface area contributed by atoms with Gasteiger partial charge in [0.2, 0.25) is 5.95 Å². The van der Waals surface area contributed by atoms with Crippen LogP contribution in [0.1, 0.15) is 10.4 Å². The molecule has 0 unspecified atom stereocenters. The number of piperazine rings is 1. The Bertz CT molecular complexity index is 987. The van der Waals surface area contributed by atoms with Crippen molar-refractivity contribution in [2.24, 2.45) is 0 Å². The number of benzene rings is 1. The fraction of sp³-hybridized carbons (Fsp3) is 0.250. The number of carbonyl (C=O) groups excluding carboxylic acids is 1. The van der Waals surface area contributed by atoms with Gasteiger partial charge in [0.15, 0.2) is 5.65 Å². The first-order valence-electron chi connectivity index (χ1n) is 7.88. The first-order chi connectivity index (χ1) is 12.1. The number of aromatic amines is 2. The van der Waals surface area contributed by atoms with Crippen LogP contribution < -0.4 is 10.5 Å². The summed E-state index contributed by atoms with van der Waals surface area (Å²) in [6.07, 6.45) is 1.44. The van der Waals surface area contributed by atoms with E-state index >= 15 is 0 Å². The van der Waals surface area contributed by atoms with Crippen molar-refractivity contribution in [1.82, 2.24) is 25.1 Å². The molecule has 0 bridgehead atoms. The van der Waals surface area contributed by atoms with Gasteiger partial charge in [-0.25, -0.2) is 0 Å². The van der Waals surface area contributed by atoms with Gasteiger partial charge in [-0.05, 0) is 18.2 Å². The standard InChI is InChI=1S/C16H16N6O3/c23-11-3-1-2-10(8-11)15(25)21-4-6-22(7-5-21)16-18-13-12(9-17-20-13)14(24)19-16/h1-3,8-9,23H,4-7H2,(H2,17,18,19,20,24). The zero-order chi connectivity index (χ0) is 17.4. The molecule has 3 heterocycles. The Morgan fingerprint density at radius 1 is 1.20 bits per heavy atom. The number of fused-ring (bicyclic) bond motifs is 1. The topological polar surface area (TPSA) is 118 Å². The van der Waals surface area contributed by atoms with E-state index in [9.17, 15) is 14.7 Å². The SMILES string of the molecule is O=C(c1cccc(O)c1)N1CCN(c2nc3[nH]ncc3c(=O)[nH]2)CC1. The summed E-state index contributed by atoms with van der Waals surface area (Å²) in [5, 5.41) is 16.5. The van der Waals surface area contributed by atoms with Crippen LogP contribution >= 0.6 is 0 Å². The van der Waals surface area contributed by atoms with Gasteiger partial charge in [-0.1, -0.05) is 6.07 Å². The fourth-order valence-electron chi connectivity index (χ4n) is 2.93. The third kappa shape index (κ3) is 2.80. The van der Waals surface area contributed by atoms with Crippen molar-refractivity contribution >= 4 is 22.9 Å². The average molecular weight is 340 g/mol. The molecule has 1 aliphatic heterocycles. The molecule has 128 valence electrons. The molecule has 1 aliphatic rings. The van der Waals surface area contributed by atoms with Crippen LogP contribution in [-0.2, 0) is 0 Å². The number of nitrogens with zero attached hydrogens (tertiary/aromatic N) is 4. The molecule has 3 N–H and O–H groups in total. The normalized spacial score (nSPS) is 14.9. The maximum Gasteiger partial charge on any atom is 0.263 e. The van der Waals surface area contributed by atoms with Gasteiger partial charge in [0.1, 0.15) is 11.1 Å². The van der Waals surface area contributed by atoms with Crippen molar-refractivity contribution in [2.75, 3.05) is 31.1 Å². The van der Waals surface area contributed by atoms with Gasteiger partial charge in [0.05, 0.1) is 6.20 Å². The van der Waals surface area contributed by atoms with Crippen LogP contribution in [0.3, 0.4) is 0 Å². The van der Waals surface area contributed by atoms with Gasteiger partial charge in [-0.2, -0.15) is 10.1 Å². The molecule has 1 saturated heterocycles. The molecule has 25 heavy (non-hydrogen) atoms. The van der Waals surface area contributed by atoms with E-state index in [1.807, 2.05) is 4.90 Å². The minimum absolute atomic E-state index is 0.0686. The molecule has 4 rings (SSSR count). The van der Waals surface area contributed by atoms with Crippen LogP contribution in [0.2, 0.25) is 0 Å². The van der Waals surface area contributed by atoms with Gasteiger partial charge in [0, 0.05) is 31.7 Å². The molecule has 0 aliphatic carbocycles. The number of rotatable bonds is 2. The molecular weight excluding hydrogens is 324 g/mol. The quantitative estimate of drug-likeness (QED) is 0.618. The number of hydrogen-bond donors (Lipinski definition) is 3. The second kappa shape index (κ2) is 5.93. The van der Waals surface area contributed by atoms with E-state index in [-0.39, 0.29) is 17.2 Å². The predicted molar refractivity (Wildman–Crippen MR) is 90.7 cm³/mol. The van der Waals surface area contributed by atoms with Gasteiger partial charge in [-0.15, -0.1) is 0 Å². The van der Waals surface area contributed by atoms with Crippen LogP contribution in [-0.4, -0.2) is 62.3 Å². The highest BCUT2D eigenvalue weighted by molar-refractivity contribution is 5.94. The predicted octanol–water partition coefficient (Wildman–Crippen LogP) is 0.314. The molecule has 0 spiro atoms. The summed E-state index contributed by atoms with van der Waals surface area (Å²) in [6.45, 7) is 2.10. The second-order valence-corrected chi connectivity index (χ2v) is 5.85. The van der Waals surface area contributed by atoms with Crippen molar-refractivity contribution in [3.63, 3.8) is 0 Å². The lowest BCUT2D eigenvalue weighted by molar-refractivity contribution is 0.0746. The minimum Gasteiger partial charge on any atom is -0.508 e. The van der Waals surface area contributed by atoms with Crippen LogP contribution in [0.25, 0.3) is 11.0 Å². The number of carbonyl (C=O) groups is 1. The Morgan fingerprint density at radius 2 is 2.00 bits per heavy atom. The monoisotopic (exact) mass is 340 g/mol. The lowest BCUT2D eigenvalue weighted by Crippen LogP contribution is -2.49. The maximum atomic E-state index is 12.5. The number of phenols is 1. The summed E-state index contributed by atoms with van der Waals surface area (Å²) in [4.78, 5) is 35.3. The summed E-state index contributed by atoms with van der Waals surface area (Å²) in [7, 11) is 0. The van der Waals surface area contributed by atoms with Crippen LogP contribution in [0.15, 0.2) is 35.3 Å². The second-order valence-electron chi connectivity index (χ2n) is 5.85. The van der Waals surface area contributed by atoms with E-state index in [1.54, 1.807) is 17.0 Å². The number of H-pyrrole nitrogens is 2. The van der Waals surface area contributed by atoms with Crippen LogP contribution in [0.4, 0.5) is 5.95 Å². The minimum atomic E-state index is -0.244. The van der Waals surface area contributed by atoms with Gasteiger partial charge < -0.3 is 14.9 Å². The Morgan fingerprint density at radius 3 is 2.76 bits per heavy atom. The Kier molecular flexibility index (Phi) is 3.60. The lowest BCUT2D eigenvalue weighted by atomic mass is 10.1. The van der Waals surface area contributed by atoms with E-state index in [0.717, 1.165) is 0 Å². The first-order valence-corrected chi connectivity index (χ1v) is 7.88. The summed E-state index contributed by atoms with van der Waals surface area (Å²) in [5.41, 5.74) is 0.655. The highest BCUT2D eigenvalue weighted by Crippen LogP contribution is 2.16. The lowest BCUT2D eigenvalue weighted by Gasteiger charge is -2.35. The smallest absolute Gasteiger partial charge is 0.263 e. The van der Waals surface area contributed by atoms with Gasteiger partial charge in [-0.3, -0.25) is 19.7 Å². The van der Waals surface area contributed by atoms with Crippen molar-refractivity contribution < 1.29 is 9.90 Å². The maximum absolute atomic E-state index is 12.5. The third-order valence-electron chi connectivity index (χ3n) is 4.27. The van der Waals surface area contributed by atoms with Crippen molar-refractivity contribution in [2.45, 2.75) is 0 Å². The van der Waals surface area contributed by atoms with E-state index in [4.69, 9.17) is 0 Å². The number of hydrogen-bond acceptors (Lipinski definition) is 6. The van der Waals surface area contributed by atoms with E-state index in [0.29, 0.717) is 48.7 Å². The number of nitrogens with one attached hydrogen (secondary N) is 2. The van der Waals surface area contributed by atoms with Crippen LogP contribution in [0.5, 0.6) is 5.75 Å². The summed E-state index contributed by atoms with van der Waals surface area (Å²) >= 11 is 0. The number of anilines is 1. The molecule has 1 fully saturated rings. The fourth-order valence-corrected chi connectivity index (χ4v) is 2.93. The van der Waals surface area contributed by atoms with Crippen molar-refractivity contribution in [1.29, 1.82) is 0 Å². The Balaban J connectivity index is 1.49. The van der Waals surface area contributed by atoms with Crippen molar-refractivity contribution in [3.8, 4) is 5.75 Å². The zero-order valence-electron chi connectivity index (χ0n) is 13.3. The molecule has 0 radical (unpaired) electrons. The molecule has 1 aromatic carbocycles.